The molecule has 0 bridgehead atoms. The Morgan fingerprint density at radius 2 is 2.32 bits per heavy atom. The van der Waals surface area contributed by atoms with E-state index < -0.39 is 0 Å². The van der Waals surface area contributed by atoms with Gasteiger partial charge in [0.25, 0.3) is 0 Å². The number of ether oxygens (including phenoxy) is 2. The molecule has 0 radical (unpaired) electrons. The summed E-state index contributed by atoms with van der Waals surface area (Å²) in [5.74, 6) is -0.241. The molecule has 1 aliphatic rings. The van der Waals surface area contributed by atoms with E-state index in [0.29, 0.717) is 10.9 Å². The van der Waals surface area contributed by atoms with Crippen molar-refractivity contribution >= 4 is 17.3 Å². The maximum absolute atomic E-state index is 11.5. The number of aryl methyl sites for hydroxylation is 1. The van der Waals surface area contributed by atoms with E-state index in [0.717, 1.165) is 19.7 Å². The summed E-state index contributed by atoms with van der Waals surface area (Å²) in [6, 6.07) is 2.47. The molecule has 106 valence electrons. The quantitative estimate of drug-likeness (QED) is 0.778. The van der Waals surface area contributed by atoms with E-state index in [9.17, 15) is 4.79 Å². The van der Waals surface area contributed by atoms with Gasteiger partial charge in [0.05, 0.1) is 13.7 Å². The highest BCUT2D eigenvalue weighted by atomic mass is 32.1. The molecule has 1 saturated heterocycles. The molecule has 2 heterocycles. The normalized spacial score (nSPS) is 19.8. The lowest BCUT2D eigenvalue weighted by atomic mass is 10.2. The second-order valence-electron chi connectivity index (χ2n) is 4.91. The van der Waals surface area contributed by atoms with Crippen molar-refractivity contribution in [2.24, 2.45) is 0 Å². The Morgan fingerprint density at radius 1 is 1.53 bits per heavy atom. The molecule has 1 atom stereocenters. The lowest BCUT2D eigenvalue weighted by molar-refractivity contribution is 0.0606. The maximum atomic E-state index is 11.5. The third kappa shape index (κ3) is 3.35. The minimum absolute atomic E-state index is 0.241. The first-order valence-corrected chi connectivity index (χ1v) is 7.38. The zero-order chi connectivity index (χ0) is 13.8. The van der Waals surface area contributed by atoms with Crippen LogP contribution in [0.15, 0.2) is 6.07 Å². The summed E-state index contributed by atoms with van der Waals surface area (Å²) in [4.78, 5) is 15.9. The summed E-state index contributed by atoms with van der Waals surface area (Å²) in [6.45, 7) is 4.85. The van der Waals surface area contributed by atoms with Crippen LogP contribution in [-0.4, -0.2) is 44.3 Å². The Kier molecular flexibility index (Phi) is 4.96. The summed E-state index contributed by atoms with van der Waals surface area (Å²) in [5, 5.41) is 0. The van der Waals surface area contributed by atoms with Crippen molar-refractivity contribution in [3.05, 3.63) is 21.4 Å². The predicted molar refractivity (Wildman–Crippen MR) is 75.7 cm³/mol. The number of esters is 1. The molecule has 1 aliphatic heterocycles. The summed E-state index contributed by atoms with van der Waals surface area (Å²) in [7, 11) is 3.17. The third-order valence-electron chi connectivity index (χ3n) is 3.64. The molecule has 1 fully saturated rings. The van der Waals surface area contributed by atoms with Crippen LogP contribution in [0, 0.1) is 6.92 Å². The van der Waals surface area contributed by atoms with Crippen LogP contribution in [0.5, 0.6) is 0 Å². The van der Waals surface area contributed by atoms with E-state index in [1.165, 1.54) is 41.7 Å². The number of likely N-dealkylation sites (tertiary alicyclic amines) is 1. The van der Waals surface area contributed by atoms with Gasteiger partial charge in [0.2, 0.25) is 0 Å². The van der Waals surface area contributed by atoms with Crippen molar-refractivity contribution in [2.45, 2.75) is 32.4 Å². The lowest BCUT2D eigenvalue weighted by Crippen LogP contribution is -2.32. The van der Waals surface area contributed by atoms with E-state index in [2.05, 4.69) is 11.8 Å². The minimum atomic E-state index is -0.241. The molecular formula is C14H21NO3S. The van der Waals surface area contributed by atoms with Crippen molar-refractivity contribution in [2.75, 3.05) is 27.4 Å². The van der Waals surface area contributed by atoms with Crippen LogP contribution in [-0.2, 0) is 16.0 Å². The van der Waals surface area contributed by atoms with Gasteiger partial charge in [-0.3, -0.25) is 4.90 Å². The van der Waals surface area contributed by atoms with Gasteiger partial charge in [0.1, 0.15) is 4.88 Å². The minimum Gasteiger partial charge on any atom is -0.465 e. The number of thiophene rings is 1. The number of hydrogen-bond acceptors (Lipinski definition) is 5. The highest BCUT2D eigenvalue weighted by molar-refractivity contribution is 7.14. The van der Waals surface area contributed by atoms with Crippen LogP contribution in [0.2, 0.25) is 0 Å². The molecule has 0 spiro atoms. The Bertz CT molecular complexity index is 444. The summed E-state index contributed by atoms with van der Waals surface area (Å²) < 4.78 is 10.0. The molecule has 0 saturated carbocycles. The van der Waals surface area contributed by atoms with Gasteiger partial charge >= 0.3 is 5.97 Å². The average Bonchev–Trinajstić information content (AvgIpc) is 2.98. The third-order valence-corrected chi connectivity index (χ3v) is 4.71. The van der Waals surface area contributed by atoms with Gasteiger partial charge in [-0.1, -0.05) is 0 Å². The molecule has 19 heavy (non-hydrogen) atoms. The van der Waals surface area contributed by atoms with E-state index in [1.807, 2.05) is 6.07 Å². The highest BCUT2D eigenvalue weighted by Crippen LogP contribution is 2.27. The largest absolute Gasteiger partial charge is 0.465 e. The smallest absolute Gasteiger partial charge is 0.348 e. The van der Waals surface area contributed by atoms with Crippen molar-refractivity contribution in [1.29, 1.82) is 0 Å². The highest BCUT2D eigenvalue weighted by Gasteiger charge is 2.25. The Hall–Kier alpha value is -0.910. The second-order valence-corrected chi connectivity index (χ2v) is 6.16. The SMILES string of the molecule is COCC1CCCN1Cc1cc(C(=O)OC)sc1C. The van der Waals surface area contributed by atoms with Gasteiger partial charge in [-0.05, 0) is 37.9 Å². The Balaban J connectivity index is 2.06. The summed E-state index contributed by atoms with van der Waals surface area (Å²) in [6.07, 6.45) is 2.42. The van der Waals surface area contributed by atoms with Crippen LogP contribution < -0.4 is 0 Å². The van der Waals surface area contributed by atoms with Crippen molar-refractivity contribution in [3.63, 3.8) is 0 Å². The van der Waals surface area contributed by atoms with E-state index in [4.69, 9.17) is 9.47 Å². The topological polar surface area (TPSA) is 38.8 Å². The number of carbonyl (C=O) groups is 1. The second kappa shape index (κ2) is 6.50. The zero-order valence-corrected chi connectivity index (χ0v) is 12.6. The number of carbonyl (C=O) groups excluding carboxylic acids is 1. The number of methoxy groups -OCH3 is 2. The molecule has 1 aromatic heterocycles. The van der Waals surface area contributed by atoms with E-state index >= 15 is 0 Å². The van der Waals surface area contributed by atoms with Gasteiger partial charge in [-0.25, -0.2) is 4.79 Å². The molecule has 2 rings (SSSR count). The summed E-state index contributed by atoms with van der Waals surface area (Å²) in [5.41, 5.74) is 1.23. The van der Waals surface area contributed by atoms with Crippen LogP contribution in [0.3, 0.4) is 0 Å². The molecule has 0 amide bonds. The van der Waals surface area contributed by atoms with E-state index in [1.54, 1.807) is 7.11 Å². The molecule has 4 nitrogen and oxygen atoms in total. The first-order chi connectivity index (χ1) is 9.15. The number of nitrogens with zero attached hydrogens (tertiary/aromatic N) is 1. The van der Waals surface area contributed by atoms with Crippen LogP contribution in [0.25, 0.3) is 0 Å². The maximum Gasteiger partial charge on any atom is 0.348 e. The van der Waals surface area contributed by atoms with Gasteiger partial charge < -0.3 is 9.47 Å². The van der Waals surface area contributed by atoms with Gasteiger partial charge in [-0.2, -0.15) is 0 Å². The molecular weight excluding hydrogens is 262 g/mol. The Morgan fingerprint density at radius 3 is 3.00 bits per heavy atom. The zero-order valence-electron chi connectivity index (χ0n) is 11.8. The summed E-state index contributed by atoms with van der Waals surface area (Å²) >= 11 is 1.51. The monoisotopic (exact) mass is 283 g/mol. The van der Waals surface area contributed by atoms with E-state index in [-0.39, 0.29) is 5.97 Å². The van der Waals surface area contributed by atoms with Crippen molar-refractivity contribution in [1.82, 2.24) is 4.90 Å². The molecule has 1 aromatic rings. The van der Waals surface area contributed by atoms with Gasteiger partial charge in [0.15, 0.2) is 0 Å². The number of rotatable bonds is 5. The molecule has 0 aromatic carbocycles. The van der Waals surface area contributed by atoms with Crippen molar-refractivity contribution in [3.8, 4) is 0 Å². The molecule has 5 heteroatoms. The molecule has 0 aliphatic carbocycles. The van der Waals surface area contributed by atoms with Crippen LogP contribution in [0.1, 0.15) is 33.0 Å². The van der Waals surface area contributed by atoms with Crippen molar-refractivity contribution < 1.29 is 14.3 Å². The number of hydrogen-bond donors (Lipinski definition) is 0. The molecule has 0 N–H and O–H groups in total. The average molecular weight is 283 g/mol. The fourth-order valence-electron chi connectivity index (χ4n) is 2.58. The first kappa shape index (κ1) is 14.5. The van der Waals surface area contributed by atoms with Gasteiger partial charge in [-0.15, -0.1) is 11.3 Å². The Labute approximate surface area is 118 Å². The fraction of sp³-hybridized carbons (Fsp3) is 0.643. The lowest BCUT2D eigenvalue weighted by Gasteiger charge is -2.23. The van der Waals surface area contributed by atoms with Crippen LogP contribution in [0.4, 0.5) is 0 Å². The fourth-order valence-corrected chi connectivity index (χ4v) is 3.53. The molecule has 1 unspecified atom stereocenters. The van der Waals surface area contributed by atoms with Gasteiger partial charge in [0, 0.05) is 24.6 Å². The van der Waals surface area contributed by atoms with Crippen LogP contribution >= 0.6 is 11.3 Å². The predicted octanol–water partition coefficient (Wildman–Crippen LogP) is 2.45. The first-order valence-electron chi connectivity index (χ1n) is 6.56. The standard InChI is InChI=1S/C14H21NO3S/c1-10-11(7-13(19-10)14(16)18-3)8-15-6-4-5-12(15)9-17-2/h7,12H,4-6,8-9H2,1-3H3.